The number of rotatable bonds is 13. The molecule has 1 aromatic carbocycles. The Morgan fingerprint density at radius 1 is 0.957 bits per heavy atom. The van der Waals surface area contributed by atoms with Crippen LogP contribution in [0.2, 0.25) is 0 Å². The fraction of sp³-hybridized carbons (Fsp3) is 0.625. The van der Waals surface area contributed by atoms with Crippen LogP contribution in [0.15, 0.2) is 35.3 Å². The second-order valence-corrected chi connectivity index (χ2v) is 12.7. The molecule has 3 fully saturated rings. The highest BCUT2D eigenvalue weighted by Crippen LogP contribution is 2.41. The van der Waals surface area contributed by atoms with Crippen molar-refractivity contribution in [3.8, 4) is 0 Å². The van der Waals surface area contributed by atoms with Crippen LogP contribution in [0.4, 0.5) is 0 Å². The summed E-state index contributed by atoms with van der Waals surface area (Å²) >= 11 is 0. The van der Waals surface area contributed by atoms with E-state index in [4.69, 9.17) is 22.9 Å². The Morgan fingerprint density at radius 3 is 2.37 bits per heavy atom. The van der Waals surface area contributed by atoms with E-state index in [-0.39, 0.29) is 36.2 Å². The van der Waals surface area contributed by atoms with Crippen molar-refractivity contribution in [2.24, 2.45) is 33.8 Å². The van der Waals surface area contributed by atoms with Gasteiger partial charge in [0, 0.05) is 25.6 Å². The average Bonchev–Trinajstić information content (AvgIpc) is 3.68. The summed E-state index contributed by atoms with van der Waals surface area (Å²) in [4.78, 5) is 73.6. The van der Waals surface area contributed by atoms with Crippen molar-refractivity contribution in [1.29, 1.82) is 0 Å². The maximum absolute atomic E-state index is 14.1. The van der Waals surface area contributed by atoms with E-state index in [0.29, 0.717) is 45.2 Å². The molecule has 0 unspecified atom stereocenters. The number of nitrogens with two attached hydrogens (primary N) is 4. The smallest absolute Gasteiger partial charge is 0.246 e. The highest BCUT2D eigenvalue weighted by molar-refractivity contribution is 5.96. The molecule has 7 atom stereocenters. The predicted molar refractivity (Wildman–Crippen MR) is 172 cm³/mol. The maximum atomic E-state index is 14.1. The van der Waals surface area contributed by atoms with Crippen LogP contribution in [0, 0.1) is 5.92 Å². The number of amides is 5. The van der Waals surface area contributed by atoms with Gasteiger partial charge in [0.2, 0.25) is 29.5 Å². The molecule has 0 bridgehead atoms. The van der Waals surface area contributed by atoms with Gasteiger partial charge in [-0.15, -0.1) is 0 Å². The summed E-state index contributed by atoms with van der Waals surface area (Å²) in [5.74, 6) is -2.05. The zero-order valence-electron chi connectivity index (χ0n) is 26.6. The van der Waals surface area contributed by atoms with Crippen LogP contribution in [0.1, 0.15) is 70.3 Å². The first kappa shape index (κ1) is 34.7. The fourth-order valence-corrected chi connectivity index (χ4v) is 7.07. The summed E-state index contributed by atoms with van der Waals surface area (Å²) in [6.45, 7) is 2.25. The second-order valence-electron chi connectivity index (χ2n) is 12.7. The molecule has 1 saturated carbocycles. The van der Waals surface area contributed by atoms with Crippen LogP contribution in [-0.4, -0.2) is 94.6 Å². The van der Waals surface area contributed by atoms with E-state index in [1.165, 1.54) is 6.92 Å². The first-order valence-electron chi connectivity index (χ1n) is 16.4. The number of carbonyl (C=O) groups excluding carboxylic acids is 5. The average molecular weight is 640 g/mol. The van der Waals surface area contributed by atoms with Crippen molar-refractivity contribution >= 4 is 35.5 Å². The minimum Gasteiger partial charge on any atom is -0.370 e. The number of hydrogen-bond acceptors (Lipinski definition) is 7. The molecule has 4 rings (SSSR count). The number of nitrogens with zero attached hydrogens (tertiary/aromatic N) is 3. The van der Waals surface area contributed by atoms with Crippen LogP contribution in [-0.2, 0) is 30.4 Å². The minimum atomic E-state index is -0.980. The summed E-state index contributed by atoms with van der Waals surface area (Å²) < 4.78 is 0. The Balaban J connectivity index is 1.40. The molecule has 10 N–H and O–H groups in total. The van der Waals surface area contributed by atoms with Crippen molar-refractivity contribution in [1.82, 2.24) is 20.4 Å². The largest absolute Gasteiger partial charge is 0.370 e. The number of benzene rings is 1. The zero-order valence-corrected chi connectivity index (χ0v) is 26.6. The van der Waals surface area contributed by atoms with E-state index >= 15 is 0 Å². The lowest BCUT2D eigenvalue weighted by Crippen LogP contribution is -2.58. The van der Waals surface area contributed by atoms with Crippen molar-refractivity contribution in [3.63, 3.8) is 0 Å². The number of fused-ring (bicyclic) bond motifs is 1. The first-order valence-corrected chi connectivity index (χ1v) is 16.4. The van der Waals surface area contributed by atoms with Gasteiger partial charge in [0.1, 0.15) is 24.2 Å². The number of primary amides is 1. The number of likely N-dealkylation sites (tertiary alicyclic amines) is 2. The van der Waals surface area contributed by atoms with E-state index < -0.39 is 47.9 Å². The van der Waals surface area contributed by atoms with E-state index in [0.717, 1.165) is 31.2 Å². The molecule has 0 spiro atoms. The van der Waals surface area contributed by atoms with Crippen LogP contribution in [0.3, 0.4) is 0 Å². The monoisotopic (exact) mass is 639 g/mol. The summed E-state index contributed by atoms with van der Waals surface area (Å²) in [5.41, 5.74) is 23.5. The first-order chi connectivity index (χ1) is 22.0. The zero-order chi connectivity index (χ0) is 33.4. The number of nitrogens with one attached hydrogen (secondary N) is 2. The van der Waals surface area contributed by atoms with Gasteiger partial charge in [-0.2, -0.15) is 0 Å². The quantitative estimate of drug-likeness (QED) is 0.0909. The maximum Gasteiger partial charge on any atom is 0.246 e. The number of aliphatic imine (C=N–C) groups is 1. The molecule has 2 aliphatic heterocycles. The number of hydrogen-bond donors (Lipinski definition) is 6. The summed E-state index contributed by atoms with van der Waals surface area (Å²) in [5, 5.41) is 5.35. The van der Waals surface area contributed by atoms with Crippen molar-refractivity contribution in [3.05, 3.63) is 35.9 Å². The molecular formula is C32H49N9O5. The van der Waals surface area contributed by atoms with Gasteiger partial charge in [-0.1, -0.05) is 43.2 Å². The summed E-state index contributed by atoms with van der Waals surface area (Å²) in [6.07, 6.45) is 6.47. The van der Waals surface area contributed by atoms with Gasteiger partial charge in [-0.05, 0) is 63.4 Å². The summed E-state index contributed by atoms with van der Waals surface area (Å²) in [7, 11) is 0. The lowest BCUT2D eigenvalue weighted by atomic mass is 9.84. The molecule has 0 aromatic heterocycles. The summed E-state index contributed by atoms with van der Waals surface area (Å²) in [6, 6.07) is 4.88. The predicted octanol–water partition coefficient (Wildman–Crippen LogP) is -0.764. The molecule has 1 aliphatic carbocycles. The van der Waals surface area contributed by atoms with E-state index in [1.54, 1.807) is 9.80 Å². The normalized spacial score (nSPS) is 24.3. The SMILES string of the molecule is C[C@H](NC(=O)[C@@H]1CCCN1C(=O)[C@@H]1C[C@@H]2CCCC[C@@H]2N1C(=O)[C@H](N)CCCN=C(N)N)C(=O)N[C@@H](Cc1ccccc1)C(N)=O. The molecule has 252 valence electrons. The lowest BCUT2D eigenvalue weighted by molar-refractivity contribution is -0.149. The molecule has 5 amide bonds. The number of guanidine groups is 1. The van der Waals surface area contributed by atoms with Crippen molar-refractivity contribution in [2.45, 2.75) is 107 Å². The van der Waals surface area contributed by atoms with E-state index in [1.807, 2.05) is 30.3 Å². The van der Waals surface area contributed by atoms with Gasteiger partial charge in [0.15, 0.2) is 5.96 Å². The third kappa shape index (κ3) is 8.53. The van der Waals surface area contributed by atoms with Crippen LogP contribution in [0.5, 0.6) is 0 Å². The Labute approximate surface area is 270 Å². The minimum absolute atomic E-state index is 0.0210. The van der Waals surface area contributed by atoms with Gasteiger partial charge >= 0.3 is 0 Å². The molecule has 1 aromatic rings. The molecule has 2 heterocycles. The molecular weight excluding hydrogens is 590 g/mol. The van der Waals surface area contributed by atoms with Crippen LogP contribution >= 0.6 is 0 Å². The molecule has 0 radical (unpaired) electrons. The van der Waals surface area contributed by atoms with Crippen LogP contribution < -0.4 is 33.6 Å². The molecule has 14 nitrogen and oxygen atoms in total. The van der Waals surface area contributed by atoms with Gasteiger partial charge in [0.25, 0.3) is 0 Å². The van der Waals surface area contributed by atoms with Crippen molar-refractivity contribution < 1.29 is 24.0 Å². The van der Waals surface area contributed by atoms with Gasteiger partial charge in [-0.25, -0.2) is 0 Å². The highest BCUT2D eigenvalue weighted by Gasteiger charge is 2.51. The van der Waals surface area contributed by atoms with Gasteiger partial charge in [-0.3, -0.25) is 29.0 Å². The fourth-order valence-electron chi connectivity index (χ4n) is 7.07. The Hall–Kier alpha value is -4.20. The Bertz CT molecular complexity index is 1290. The Morgan fingerprint density at radius 2 is 1.67 bits per heavy atom. The van der Waals surface area contributed by atoms with Gasteiger partial charge < -0.3 is 43.4 Å². The lowest BCUT2D eigenvalue weighted by Gasteiger charge is -2.37. The van der Waals surface area contributed by atoms with E-state index in [9.17, 15) is 24.0 Å². The van der Waals surface area contributed by atoms with Gasteiger partial charge in [0.05, 0.1) is 6.04 Å². The molecule has 3 aliphatic rings. The number of carbonyl (C=O) groups is 5. The van der Waals surface area contributed by atoms with E-state index in [2.05, 4.69) is 15.6 Å². The third-order valence-corrected chi connectivity index (χ3v) is 9.45. The highest BCUT2D eigenvalue weighted by atomic mass is 16.2. The second kappa shape index (κ2) is 15.9. The molecule has 46 heavy (non-hydrogen) atoms. The molecule has 14 heteroatoms. The van der Waals surface area contributed by atoms with Crippen molar-refractivity contribution in [2.75, 3.05) is 13.1 Å². The third-order valence-electron chi connectivity index (χ3n) is 9.45. The topological polar surface area (TPSA) is 232 Å². The standard InChI is InChI=1S/C32H49N9O5/c1-19(28(43)39-23(27(34)42)17-20-9-3-2-4-10-20)38-29(44)25-14-8-16-40(25)31(46)26-18-21-11-5-6-13-24(21)41(26)30(45)22(33)12-7-15-37-32(35)36/h2-4,9-10,19,21-26H,5-8,11-18,33H2,1H3,(H2,34,42)(H,38,44)(H,39,43)(H4,35,36,37)/t19-,21-,22+,23-,24-,25-,26-/m0/s1. The Kier molecular flexibility index (Phi) is 12.0. The molecule has 2 saturated heterocycles. The van der Waals surface area contributed by atoms with Crippen LogP contribution in [0.25, 0.3) is 0 Å².